The van der Waals surface area contributed by atoms with Gasteiger partial charge in [-0.3, -0.25) is 14.7 Å². The summed E-state index contributed by atoms with van der Waals surface area (Å²) in [4.78, 5) is 23.2. The minimum absolute atomic E-state index is 0.176. The van der Waals surface area contributed by atoms with Gasteiger partial charge in [0.15, 0.2) is 0 Å². The van der Waals surface area contributed by atoms with E-state index in [2.05, 4.69) is 46.2 Å². The molecule has 0 atom stereocenters. The van der Waals surface area contributed by atoms with Gasteiger partial charge in [0.05, 0.1) is 17.2 Å². The lowest BCUT2D eigenvalue weighted by atomic mass is 10.2. The fourth-order valence-corrected chi connectivity index (χ4v) is 2.42. The van der Waals surface area contributed by atoms with E-state index in [0.29, 0.717) is 12.2 Å². The zero-order valence-electron chi connectivity index (χ0n) is 14.7. The van der Waals surface area contributed by atoms with Crippen LogP contribution >= 0.6 is 0 Å². The molecule has 1 aromatic heterocycles. The van der Waals surface area contributed by atoms with Crippen LogP contribution in [0.2, 0.25) is 0 Å². The van der Waals surface area contributed by atoms with Crippen molar-refractivity contribution in [2.75, 3.05) is 26.2 Å². The summed E-state index contributed by atoms with van der Waals surface area (Å²) in [5, 5.41) is 2.92. The number of aromatic nitrogens is 2. The molecule has 0 bridgehead atoms. The summed E-state index contributed by atoms with van der Waals surface area (Å²) in [7, 11) is 0. The van der Waals surface area contributed by atoms with Crippen LogP contribution in [-0.2, 0) is 0 Å². The molecule has 0 fully saturated rings. The van der Waals surface area contributed by atoms with E-state index in [0.717, 1.165) is 42.7 Å². The molecule has 1 N–H and O–H groups in total. The molecule has 0 radical (unpaired) electrons. The molecular weight excluding hydrogens is 300 g/mol. The normalized spacial score (nSPS) is 11.5. The molecule has 0 aliphatic rings. The third-order valence-electron chi connectivity index (χ3n) is 3.86. The highest BCUT2D eigenvalue weighted by Gasteiger charge is 2.09. The second-order valence-corrected chi connectivity index (χ2v) is 5.78. The van der Waals surface area contributed by atoms with E-state index < -0.39 is 0 Å². The SMILES string of the molecule is CC/C=C/CN(CC)CCNC(=O)c1cnc2cc(C)ccc2n1. The number of benzene rings is 1. The number of amides is 1. The number of aryl methyl sites for hydroxylation is 1. The largest absolute Gasteiger partial charge is 0.349 e. The summed E-state index contributed by atoms with van der Waals surface area (Å²) in [6.07, 6.45) is 6.92. The molecule has 5 nitrogen and oxygen atoms in total. The van der Waals surface area contributed by atoms with Crippen LogP contribution in [0, 0.1) is 6.92 Å². The Kier molecular flexibility index (Phi) is 6.88. The molecule has 0 unspecified atom stereocenters. The average molecular weight is 326 g/mol. The molecule has 1 aromatic carbocycles. The van der Waals surface area contributed by atoms with Crippen molar-refractivity contribution in [2.24, 2.45) is 0 Å². The minimum atomic E-state index is -0.176. The maximum atomic E-state index is 12.2. The van der Waals surface area contributed by atoms with Crippen LogP contribution < -0.4 is 5.32 Å². The van der Waals surface area contributed by atoms with Crippen LogP contribution in [0.3, 0.4) is 0 Å². The van der Waals surface area contributed by atoms with E-state index >= 15 is 0 Å². The van der Waals surface area contributed by atoms with E-state index in [1.165, 1.54) is 0 Å². The first-order valence-corrected chi connectivity index (χ1v) is 8.53. The van der Waals surface area contributed by atoms with Gasteiger partial charge in [0, 0.05) is 19.6 Å². The predicted molar refractivity (Wildman–Crippen MR) is 98.2 cm³/mol. The number of rotatable bonds is 8. The van der Waals surface area contributed by atoms with Crippen molar-refractivity contribution in [1.82, 2.24) is 20.2 Å². The van der Waals surface area contributed by atoms with Crippen molar-refractivity contribution in [3.8, 4) is 0 Å². The van der Waals surface area contributed by atoms with Gasteiger partial charge in [0.2, 0.25) is 0 Å². The van der Waals surface area contributed by atoms with Gasteiger partial charge in [0.1, 0.15) is 5.69 Å². The van der Waals surface area contributed by atoms with Crippen molar-refractivity contribution in [1.29, 1.82) is 0 Å². The van der Waals surface area contributed by atoms with Crippen LogP contribution in [-0.4, -0.2) is 47.0 Å². The number of allylic oxidation sites excluding steroid dienone is 1. The molecule has 0 spiro atoms. The molecule has 5 heteroatoms. The maximum absolute atomic E-state index is 12.2. The highest BCUT2D eigenvalue weighted by atomic mass is 16.1. The summed E-state index contributed by atoms with van der Waals surface area (Å²) >= 11 is 0. The molecule has 0 saturated heterocycles. The lowest BCUT2D eigenvalue weighted by Gasteiger charge is -2.18. The lowest BCUT2D eigenvalue weighted by molar-refractivity contribution is 0.0944. The van der Waals surface area contributed by atoms with E-state index in [-0.39, 0.29) is 5.91 Å². The zero-order chi connectivity index (χ0) is 17.4. The van der Waals surface area contributed by atoms with Crippen LogP contribution in [0.4, 0.5) is 0 Å². The topological polar surface area (TPSA) is 58.1 Å². The second-order valence-electron chi connectivity index (χ2n) is 5.78. The van der Waals surface area contributed by atoms with Crippen molar-refractivity contribution in [2.45, 2.75) is 27.2 Å². The van der Waals surface area contributed by atoms with E-state index in [4.69, 9.17) is 0 Å². The molecule has 2 rings (SSSR count). The van der Waals surface area contributed by atoms with Crippen LogP contribution in [0.15, 0.2) is 36.5 Å². The van der Waals surface area contributed by atoms with Gasteiger partial charge in [-0.15, -0.1) is 0 Å². The molecule has 0 saturated carbocycles. The Morgan fingerprint density at radius 1 is 1.25 bits per heavy atom. The van der Waals surface area contributed by atoms with Gasteiger partial charge in [-0.1, -0.05) is 32.1 Å². The number of nitrogens with zero attached hydrogens (tertiary/aromatic N) is 3. The summed E-state index contributed by atoms with van der Waals surface area (Å²) in [5.41, 5.74) is 3.05. The molecule has 1 amide bonds. The summed E-state index contributed by atoms with van der Waals surface area (Å²) < 4.78 is 0. The average Bonchev–Trinajstić information content (AvgIpc) is 2.59. The van der Waals surface area contributed by atoms with Gasteiger partial charge in [0.25, 0.3) is 5.91 Å². The van der Waals surface area contributed by atoms with Crippen molar-refractivity contribution >= 4 is 16.9 Å². The van der Waals surface area contributed by atoms with Gasteiger partial charge in [-0.25, -0.2) is 4.98 Å². The van der Waals surface area contributed by atoms with Gasteiger partial charge < -0.3 is 5.32 Å². The first kappa shape index (κ1) is 18.1. The molecule has 0 aliphatic carbocycles. The zero-order valence-corrected chi connectivity index (χ0v) is 14.7. The molecule has 24 heavy (non-hydrogen) atoms. The highest BCUT2D eigenvalue weighted by molar-refractivity contribution is 5.93. The first-order chi connectivity index (χ1) is 11.6. The third-order valence-corrected chi connectivity index (χ3v) is 3.86. The first-order valence-electron chi connectivity index (χ1n) is 8.53. The van der Waals surface area contributed by atoms with Crippen LogP contribution in [0.1, 0.15) is 36.3 Å². The smallest absolute Gasteiger partial charge is 0.271 e. The van der Waals surface area contributed by atoms with Gasteiger partial charge in [-0.2, -0.15) is 0 Å². The fourth-order valence-electron chi connectivity index (χ4n) is 2.42. The molecular formula is C19H26N4O. The Bertz CT molecular complexity index is 712. The van der Waals surface area contributed by atoms with Crippen molar-refractivity contribution in [3.05, 3.63) is 47.8 Å². The molecule has 128 valence electrons. The fraction of sp³-hybridized carbons (Fsp3) is 0.421. The van der Waals surface area contributed by atoms with Crippen LogP contribution in [0.5, 0.6) is 0 Å². The number of hydrogen-bond acceptors (Lipinski definition) is 4. The van der Waals surface area contributed by atoms with E-state index in [1.807, 2.05) is 25.1 Å². The summed E-state index contributed by atoms with van der Waals surface area (Å²) in [5.74, 6) is -0.176. The second kappa shape index (κ2) is 9.13. The number of carbonyl (C=O) groups is 1. The summed E-state index contributed by atoms with van der Waals surface area (Å²) in [6, 6.07) is 5.84. The number of likely N-dealkylation sites (N-methyl/N-ethyl adjacent to an activating group) is 1. The quantitative estimate of drug-likeness (QED) is 0.758. The molecule has 2 aromatic rings. The highest BCUT2D eigenvalue weighted by Crippen LogP contribution is 2.11. The predicted octanol–water partition coefficient (Wildman–Crippen LogP) is 2.96. The Morgan fingerprint density at radius 3 is 2.83 bits per heavy atom. The standard InChI is InChI=1S/C19H26N4O/c1-4-6-7-11-23(5-2)12-10-20-19(24)18-14-21-17-13-15(3)8-9-16(17)22-18/h6-9,13-14H,4-5,10-12H2,1-3H3,(H,20,24)/b7-6+. The van der Waals surface area contributed by atoms with E-state index in [9.17, 15) is 4.79 Å². The van der Waals surface area contributed by atoms with Crippen molar-refractivity contribution in [3.63, 3.8) is 0 Å². The van der Waals surface area contributed by atoms with E-state index in [1.54, 1.807) is 6.20 Å². The number of fused-ring (bicyclic) bond motifs is 1. The Morgan fingerprint density at radius 2 is 2.08 bits per heavy atom. The minimum Gasteiger partial charge on any atom is -0.349 e. The Hall–Kier alpha value is -2.27. The monoisotopic (exact) mass is 326 g/mol. The summed E-state index contributed by atoms with van der Waals surface area (Å²) in [6.45, 7) is 9.54. The Labute approximate surface area is 143 Å². The van der Waals surface area contributed by atoms with Gasteiger partial charge in [-0.05, 0) is 37.6 Å². The van der Waals surface area contributed by atoms with Crippen molar-refractivity contribution < 1.29 is 4.79 Å². The maximum Gasteiger partial charge on any atom is 0.271 e. The number of carbonyl (C=O) groups excluding carboxylic acids is 1. The Balaban J connectivity index is 1.90. The number of hydrogen-bond donors (Lipinski definition) is 1. The van der Waals surface area contributed by atoms with Gasteiger partial charge >= 0.3 is 0 Å². The lowest BCUT2D eigenvalue weighted by Crippen LogP contribution is -2.35. The molecule has 1 heterocycles. The number of nitrogens with one attached hydrogen (secondary N) is 1. The van der Waals surface area contributed by atoms with Crippen LogP contribution in [0.25, 0.3) is 11.0 Å². The molecule has 0 aliphatic heterocycles. The third kappa shape index (κ3) is 5.13.